The average Bonchev–Trinajstić information content (AvgIpc) is 2.79. The molecule has 1 N–H and O–H groups in total. The van der Waals surface area contributed by atoms with E-state index in [2.05, 4.69) is 40.2 Å². The van der Waals surface area contributed by atoms with E-state index in [9.17, 15) is 4.79 Å². The van der Waals surface area contributed by atoms with Crippen LogP contribution in [-0.2, 0) is 4.79 Å². The van der Waals surface area contributed by atoms with Crippen LogP contribution in [0.25, 0.3) is 10.8 Å². The van der Waals surface area contributed by atoms with E-state index in [-0.39, 0.29) is 12.5 Å². The number of benzene rings is 3. The minimum Gasteiger partial charge on any atom is -0.484 e. The summed E-state index contributed by atoms with van der Waals surface area (Å²) < 4.78 is 5.70. The molecular weight excluding hydrogens is 374 g/mol. The van der Waals surface area contributed by atoms with Gasteiger partial charge in [0.1, 0.15) is 5.75 Å². The van der Waals surface area contributed by atoms with E-state index in [0.717, 1.165) is 54.7 Å². The Bertz CT molecular complexity index is 1030. The molecule has 5 nitrogen and oxygen atoms in total. The Kier molecular flexibility index (Phi) is 6.19. The Morgan fingerprint density at radius 3 is 2.47 bits per heavy atom. The van der Waals surface area contributed by atoms with Crippen molar-refractivity contribution >= 4 is 28.1 Å². The monoisotopic (exact) mass is 403 g/mol. The van der Waals surface area contributed by atoms with Gasteiger partial charge in [0.2, 0.25) is 0 Å². The second kappa shape index (κ2) is 9.18. The molecule has 4 rings (SSSR count). The standard InChI is InChI=1S/C25H29N3O2/c1-3-27-12-14-28(15-13-27)22-9-11-24(19(2)16-22)26-25(29)18-30-23-10-8-20-6-4-5-7-21(20)17-23/h4-11,16-17H,3,12-15,18H2,1-2H3,(H,26,29). The molecule has 1 heterocycles. The summed E-state index contributed by atoms with van der Waals surface area (Å²) in [6, 6.07) is 20.2. The van der Waals surface area contributed by atoms with Crippen molar-refractivity contribution in [3.63, 3.8) is 0 Å². The van der Waals surface area contributed by atoms with Gasteiger partial charge in [-0.1, -0.05) is 37.3 Å². The third-order valence-electron chi connectivity index (χ3n) is 5.76. The van der Waals surface area contributed by atoms with E-state index in [1.807, 2.05) is 49.4 Å². The number of ether oxygens (including phenoxy) is 1. The highest BCUT2D eigenvalue weighted by Crippen LogP contribution is 2.24. The van der Waals surface area contributed by atoms with Gasteiger partial charge >= 0.3 is 0 Å². The van der Waals surface area contributed by atoms with Gasteiger partial charge < -0.3 is 19.9 Å². The lowest BCUT2D eigenvalue weighted by Gasteiger charge is -2.35. The number of nitrogens with one attached hydrogen (secondary N) is 1. The molecule has 156 valence electrons. The number of carbonyl (C=O) groups excluding carboxylic acids is 1. The van der Waals surface area contributed by atoms with E-state index >= 15 is 0 Å². The van der Waals surface area contributed by atoms with Gasteiger partial charge in [-0.25, -0.2) is 0 Å². The SMILES string of the molecule is CCN1CCN(c2ccc(NC(=O)COc3ccc4ccccc4c3)c(C)c2)CC1. The molecule has 0 unspecified atom stereocenters. The zero-order chi connectivity index (χ0) is 20.9. The lowest BCUT2D eigenvalue weighted by molar-refractivity contribution is -0.118. The quantitative estimate of drug-likeness (QED) is 0.666. The van der Waals surface area contributed by atoms with Crippen molar-refractivity contribution < 1.29 is 9.53 Å². The number of rotatable bonds is 6. The summed E-state index contributed by atoms with van der Waals surface area (Å²) in [5, 5.41) is 5.23. The highest BCUT2D eigenvalue weighted by atomic mass is 16.5. The van der Waals surface area contributed by atoms with E-state index in [0.29, 0.717) is 5.75 Å². The first kappa shape index (κ1) is 20.2. The Hall–Kier alpha value is -3.05. The van der Waals surface area contributed by atoms with Crippen LogP contribution in [0.2, 0.25) is 0 Å². The van der Waals surface area contributed by atoms with Gasteiger partial charge in [-0.05, 0) is 60.1 Å². The fourth-order valence-electron chi connectivity index (χ4n) is 3.90. The second-order valence-corrected chi connectivity index (χ2v) is 7.77. The largest absolute Gasteiger partial charge is 0.484 e. The number of anilines is 2. The van der Waals surface area contributed by atoms with E-state index in [1.54, 1.807) is 0 Å². The Labute approximate surface area is 178 Å². The molecule has 0 atom stereocenters. The fraction of sp³-hybridized carbons (Fsp3) is 0.320. The van der Waals surface area contributed by atoms with Gasteiger partial charge in [-0.2, -0.15) is 0 Å². The van der Waals surface area contributed by atoms with Crippen LogP contribution in [-0.4, -0.2) is 50.1 Å². The molecule has 5 heteroatoms. The topological polar surface area (TPSA) is 44.8 Å². The molecule has 1 saturated heterocycles. The normalized spacial score (nSPS) is 14.7. The third-order valence-corrected chi connectivity index (χ3v) is 5.76. The number of fused-ring (bicyclic) bond motifs is 1. The molecule has 3 aromatic rings. The van der Waals surface area contributed by atoms with Crippen LogP contribution in [0.5, 0.6) is 5.75 Å². The smallest absolute Gasteiger partial charge is 0.262 e. The summed E-state index contributed by atoms with van der Waals surface area (Å²) in [5.74, 6) is 0.540. The predicted octanol–water partition coefficient (Wildman–Crippen LogP) is 4.31. The molecule has 1 fully saturated rings. The Morgan fingerprint density at radius 2 is 1.73 bits per heavy atom. The molecule has 0 aliphatic carbocycles. The summed E-state index contributed by atoms with van der Waals surface area (Å²) in [4.78, 5) is 17.3. The number of piperazine rings is 1. The summed E-state index contributed by atoms with van der Waals surface area (Å²) in [5.41, 5.74) is 3.11. The van der Waals surface area contributed by atoms with Crippen LogP contribution in [0.15, 0.2) is 60.7 Å². The van der Waals surface area contributed by atoms with Gasteiger partial charge in [0, 0.05) is 37.6 Å². The molecule has 1 aliphatic heterocycles. The zero-order valence-electron chi connectivity index (χ0n) is 17.7. The molecule has 3 aromatic carbocycles. The number of nitrogens with zero attached hydrogens (tertiary/aromatic N) is 2. The van der Waals surface area contributed by atoms with Gasteiger partial charge in [-0.3, -0.25) is 4.79 Å². The minimum atomic E-state index is -0.157. The lowest BCUT2D eigenvalue weighted by atomic mass is 10.1. The second-order valence-electron chi connectivity index (χ2n) is 7.77. The molecule has 0 aromatic heterocycles. The number of carbonyl (C=O) groups is 1. The predicted molar refractivity (Wildman–Crippen MR) is 124 cm³/mol. The molecule has 30 heavy (non-hydrogen) atoms. The number of amides is 1. The van der Waals surface area contributed by atoms with Gasteiger partial charge in [0.25, 0.3) is 5.91 Å². The van der Waals surface area contributed by atoms with Crippen LogP contribution in [0.3, 0.4) is 0 Å². The molecule has 0 radical (unpaired) electrons. The minimum absolute atomic E-state index is 0.0154. The van der Waals surface area contributed by atoms with Gasteiger partial charge in [-0.15, -0.1) is 0 Å². The number of hydrogen-bond acceptors (Lipinski definition) is 4. The summed E-state index contributed by atoms with van der Waals surface area (Å²) in [6.45, 7) is 9.61. The highest BCUT2D eigenvalue weighted by molar-refractivity contribution is 5.93. The van der Waals surface area contributed by atoms with Crippen molar-refractivity contribution in [1.29, 1.82) is 0 Å². The first-order valence-corrected chi connectivity index (χ1v) is 10.6. The fourth-order valence-corrected chi connectivity index (χ4v) is 3.90. The van der Waals surface area contributed by atoms with Crippen molar-refractivity contribution in [2.45, 2.75) is 13.8 Å². The van der Waals surface area contributed by atoms with E-state index in [1.165, 1.54) is 5.69 Å². The summed E-state index contributed by atoms with van der Waals surface area (Å²) in [7, 11) is 0. The van der Waals surface area contributed by atoms with Crippen molar-refractivity contribution in [2.24, 2.45) is 0 Å². The lowest BCUT2D eigenvalue weighted by Crippen LogP contribution is -2.46. The Balaban J connectivity index is 1.33. The van der Waals surface area contributed by atoms with E-state index in [4.69, 9.17) is 4.74 Å². The average molecular weight is 404 g/mol. The van der Waals surface area contributed by atoms with Crippen LogP contribution in [0, 0.1) is 6.92 Å². The van der Waals surface area contributed by atoms with Gasteiger partial charge in [0.15, 0.2) is 6.61 Å². The number of likely N-dealkylation sites (N-methyl/N-ethyl adjacent to an activating group) is 1. The van der Waals surface area contributed by atoms with Crippen LogP contribution >= 0.6 is 0 Å². The molecule has 0 spiro atoms. The molecule has 0 bridgehead atoms. The van der Waals surface area contributed by atoms with Gasteiger partial charge in [0.05, 0.1) is 0 Å². The van der Waals surface area contributed by atoms with Crippen molar-refractivity contribution in [2.75, 3.05) is 49.5 Å². The van der Waals surface area contributed by atoms with E-state index < -0.39 is 0 Å². The van der Waals surface area contributed by atoms with Crippen molar-refractivity contribution in [3.05, 3.63) is 66.2 Å². The number of aryl methyl sites for hydroxylation is 1. The highest BCUT2D eigenvalue weighted by Gasteiger charge is 2.16. The maximum absolute atomic E-state index is 12.4. The first-order valence-electron chi connectivity index (χ1n) is 10.6. The maximum Gasteiger partial charge on any atom is 0.262 e. The van der Waals surface area contributed by atoms with Crippen LogP contribution < -0.4 is 15.0 Å². The van der Waals surface area contributed by atoms with Crippen molar-refractivity contribution in [3.8, 4) is 5.75 Å². The maximum atomic E-state index is 12.4. The van der Waals surface area contributed by atoms with Crippen molar-refractivity contribution in [1.82, 2.24) is 4.90 Å². The molecule has 1 amide bonds. The van der Waals surface area contributed by atoms with Crippen LogP contribution in [0.4, 0.5) is 11.4 Å². The first-order chi connectivity index (χ1) is 14.6. The Morgan fingerprint density at radius 1 is 0.967 bits per heavy atom. The summed E-state index contributed by atoms with van der Waals surface area (Å²) >= 11 is 0. The number of hydrogen-bond donors (Lipinski definition) is 1. The molecule has 1 aliphatic rings. The van der Waals surface area contributed by atoms with Crippen LogP contribution in [0.1, 0.15) is 12.5 Å². The zero-order valence-corrected chi connectivity index (χ0v) is 17.7. The summed E-state index contributed by atoms with van der Waals surface area (Å²) in [6.07, 6.45) is 0. The molecule has 0 saturated carbocycles. The third kappa shape index (κ3) is 4.74. The molecular formula is C25H29N3O2.